The fourth-order valence-corrected chi connectivity index (χ4v) is 3.01. The number of aliphatic hydroxyl groups is 1. The summed E-state index contributed by atoms with van der Waals surface area (Å²) in [5, 5.41) is 12.6. The Morgan fingerprint density at radius 3 is 3.14 bits per heavy atom. The molecule has 1 saturated carbocycles. The van der Waals surface area contributed by atoms with Gasteiger partial charge in [-0.15, -0.1) is 0 Å². The molecule has 2 atom stereocenters. The lowest BCUT2D eigenvalue weighted by atomic mass is 9.85. The summed E-state index contributed by atoms with van der Waals surface area (Å²) in [6, 6.07) is 3.44. The zero-order valence-electron chi connectivity index (χ0n) is 12.6. The Morgan fingerprint density at radius 2 is 2.41 bits per heavy atom. The molecule has 0 radical (unpaired) electrons. The summed E-state index contributed by atoms with van der Waals surface area (Å²) in [5.41, 5.74) is 0.335. The van der Waals surface area contributed by atoms with Crippen LogP contribution >= 0.6 is 0 Å². The number of carbonyl (C=O) groups is 1. The smallest absolute Gasteiger partial charge is 0.251 e. The van der Waals surface area contributed by atoms with Crippen LogP contribution in [0.3, 0.4) is 0 Å². The summed E-state index contributed by atoms with van der Waals surface area (Å²) >= 11 is 0. The van der Waals surface area contributed by atoms with Crippen molar-refractivity contribution in [3.63, 3.8) is 0 Å². The van der Waals surface area contributed by atoms with E-state index in [4.69, 9.17) is 0 Å². The van der Waals surface area contributed by atoms with Crippen molar-refractivity contribution in [2.24, 2.45) is 5.41 Å². The first-order chi connectivity index (χ1) is 10.6. The highest BCUT2D eigenvalue weighted by Crippen LogP contribution is 2.37. The third-order valence-corrected chi connectivity index (χ3v) is 4.53. The van der Waals surface area contributed by atoms with Crippen LogP contribution in [0.1, 0.15) is 36.5 Å². The van der Waals surface area contributed by atoms with E-state index in [1.807, 2.05) is 6.92 Å². The first-order valence-electron chi connectivity index (χ1n) is 7.48. The predicted octanol–water partition coefficient (Wildman–Crippen LogP) is 1.55. The lowest BCUT2D eigenvalue weighted by molar-refractivity contribution is 0.0830. The zero-order chi connectivity index (χ0) is 15.6. The Kier molecular flexibility index (Phi) is 3.94. The van der Waals surface area contributed by atoms with Gasteiger partial charge >= 0.3 is 0 Å². The summed E-state index contributed by atoms with van der Waals surface area (Å²) in [4.78, 5) is 20.7. The zero-order valence-corrected chi connectivity index (χ0v) is 12.6. The minimum atomic E-state index is -0.226. The number of nitrogens with zero attached hydrogens (tertiary/aromatic N) is 3. The Morgan fingerprint density at radius 1 is 1.55 bits per heavy atom. The van der Waals surface area contributed by atoms with Crippen LogP contribution in [0.2, 0.25) is 0 Å². The molecular weight excluding hydrogens is 280 g/mol. The number of nitrogens with one attached hydrogen (secondary N) is 1. The van der Waals surface area contributed by atoms with E-state index in [-0.39, 0.29) is 24.0 Å². The summed E-state index contributed by atoms with van der Waals surface area (Å²) in [7, 11) is 0. The second-order valence-electron chi connectivity index (χ2n) is 6.10. The number of hydrogen-bond donors (Lipinski definition) is 2. The van der Waals surface area contributed by atoms with Crippen LogP contribution in [0.4, 0.5) is 0 Å². The van der Waals surface area contributed by atoms with E-state index in [1.165, 1.54) is 0 Å². The van der Waals surface area contributed by atoms with Gasteiger partial charge in [-0.3, -0.25) is 9.36 Å². The average molecular weight is 300 g/mol. The molecule has 0 aliphatic heterocycles. The van der Waals surface area contributed by atoms with Gasteiger partial charge in [-0.1, -0.05) is 13.3 Å². The van der Waals surface area contributed by atoms with Crippen molar-refractivity contribution in [3.05, 3.63) is 42.6 Å². The van der Waals surface area contributed by atoms with Gasteiger partial charge in [-0.2, -0.15) is 0 Å². The molecule has 2 heterocycles. The fraction of sp³-hybridized carbons (Fsp3) is 0.438. The van der Waals surface area contributed by atoms with Crippen molar-refractivity contribution < 1.29 is 9.90 Å². The normalized spacial score (nSPS) is 24.4. The van der Waals surface area contributed by atoms with Crippen LogP contribution < -0.4 is 5.32 Å². The highest BCUT2D eigenvalue weighted by atomic mass is 16.3. The van der Waals surface area contributed by atoms with E-state index in [9.17, 15) is 9.90 Å². The number of imidazole rings is 1. The summed E-state index contributed by atoms with van der Waals surface area (Å²) < 4.78 is 1.75. The number of aliphatic hydroxyl groups excluding tert-OH is 1. The Balaban J connectivity index is 1.77. The van der Waals surface area contributed by atoms with E-state index in [2.05, 4.69) is 15.3 Å². The molecule has 6 nitrogen and oxygen atoms in total. The quantitative estimate of drug-likeness (QED) is 0.898. The van der Waals surface area contributed by atoms with Crippen molar-refractivity contribution in [2.45, 2.75) is 32.2 Å². The molecule has 6 heteroatoms. The Labute approximate surface area is 129 Å². The number of pyridine rings is 1. The maximum atomic E-state index is 12.5. The fourth-order valence-electron chi connectivity index (χ4n) is 3.01. The largest absolute Gasteiger partial charge is 0.396 e. The van der Waals surface area contributed by atoms with Crippen LogP contribution in [0.5, 0.6) is 0 Å². The van der Waals surface area contributed by atoms with E-state index >= 15 is 0 Å². The van der Waals surface area contributed by atoms with Gasteiger partial charge in [0.2, 0.25) is 0 Å². The summed E-state index contributed by atoms with van der Waals surface area (Å²) in [6.45, 7) is 2.11. The summed E-state index contributed by atoms with van der Waals surface area (Å²) in [6.07, 6.45) is 9.57. The van der Waals surface area contributed by atoms with Crippen molar-refractivity contribution in [1.29, 1.82) is 0 Å². The van der Waals surface area contributed by atoms with Crippen molar-refractivity contribution >= 4 is 5.91 Å². The second-order valence-corrected chi connectivity index (χ2v) is 6.10. The topological polar surface area (TPSA) is 80.0 Å². The molecule has 2 unspecified atom stereocenters. The van der Waals surface area contributed by atoms with Gasteiger partial charge in [0.15, 0.2) is 0 Å². The van der Waals surface area contributed by atoms with Gasteiger partial charge in [0, 0.05) is 35.6 Å². The van der Waals surface area contributed by atoms with Gasteiger partial charge < -0.3 is 10.4 Å². The molecule has 2 aromatic rings. The standard InChI is InChI=1S/C16H20N4O2/c1-16(10-21)5-2-3-13(16)19-15(22)12-4-6-18-14(9-12)20-8-7-17-11-20/h4,6-9,11,13,21H,2-3,5,10H2,1H3,(H,19,22). The van der Waals surface area contributed by atoms with E-state index in [1.54, 1.807) is 41.6 Å². The number of aromatic nitrogens is 3. The molecule has 22 heavy (non-hydrogen) atoms. The monoisotopic (exact) mass is 300 g/mol. The molecule has 0 aromatic carbocycles. The highest BCUT2D eigenvalue weighted by molar-refractivity contribution is 5.94. The molecular formula is C16H20N4O2. The maximum absolute atomic E-state index is 12.5. The van der Waals surface area contributed by atoms with Crippen LogP contribution in [0.25, 0.3) is 5.82 Å². The molecule has 3 rings (SSSR count). The third-order valence-electron chi connectivity index (χ3n) is 4.53. The molecule has 2 N–H and O–H groups in total. The van der Waals surface area contributed by atoms with Crippen LogP contribution in [0, 0.1) is 5.41 Å². The van der Waals surface area contributed by atoms with Crippen LogP contribution in [-0.2, 0) is 0 Å². The Hall–Kier alpha value is -2.21. The molecule has 1 aliphatic rings. The Bertz CT molecular complexity index is 656. The maximum Gasteiger partial charge on any atom is 0.251 e. The van der Waals surface area contributed by atoms with E-state index in [0.717, 1.165) is 19.3 Å². The molecule has 0 spiro atoms. The first-order valence-corrected chi connectivity index (χ1v) is 7.48. The van der Waals surface area contributed by atoms with Crippen molar-refractivity contribution in [1.82, 2.24) is 19.9 Å². The third kappa shape index (κ3) is 2.74. The van der Waals surface area contributed by atoms with Crippen LogP contribution in [-0.4, -0.2) is 38.2 Å². The van der Waals surface area contributed by atoms with E-state index < -0.39 is 0 Å². The molecule has 116 valence electrons. The van der Waals surface area contributed by atoms with Gasteiger partial charge in [0.05, 0.1) is 6.61 Å². The van der Waals surface area contributed by atoms with Gasteiger partial charge in [0.25, 0.3) is 5.91 Å². The molecule has 0 bridgehead atoms. The molecule has 1 amide bonds. The number of amides is 1. The van der Waals surface area contributed by atoms with Gasteiger partial charge in [0.1, 0.15) is 12.1 Å². The average Bonchev–Trinajstić information content (AvgIpc) is 3.19. The molecule has 1 fully saturated rings. The van der Waals surface area contributed by atoms with Gasteiger partial charge in [-0.05, 0) is 25.0 Å². The second kappa shape index (κ2) is 5.88. The van der Waals surface area contributed by atoms with Crippen LogP contribution in [0.15, 0.2) is 37.1 Å². The lowest BCUT2D eigenvalue weighted by Crippen LogP contribution is -2.44. The van der Waals surface area contributed by atoms with E-state index in [0.29, 0.717) is 11.4 Å². The molecule has 2 aromatic heterocycles. The minimum absolute atomic E-state index is 0.00913. The van der Waals surface area contributed by atoms with Crippen molar-refractivity contribution in [3.8, 4) is 5.82 Å². The minimum Gasteiger partial charge on any atom is -0.396 e. The molecule has 1 aliphatic carbocycles. The van der Waals surface area contributed by atoms with Gasteiger partial charge in [-0.25, -0.2) is 9.97 Å². The lowest BCUT2D eigenvalue weighted by Gasteiger charge is -2.30. The number of hydrogen-bond acceptors (Lipinski definition) is 4. The predicted molar refractivity (Wildman–Crippen MR) is 81.7 cm³/mol. The number of rotatable bonds is 4. The highest BCUT2D eigenvalue weighted by Gasteiger charge is 2.39. The first kappa shape index (κ1) is 14.7. The summed E-state index contributed by atoms with van der Waals surface area (Å²) in [5.74, 6) is 0.525. The van der Waals surface area contributed by atoms with Crippen molar-refractivity contribution in [2.75, 3.05) is 6.61 Å². The number of carbonyl (C=O) groups excluding carboxylic acids is 1. The SMILES string of the molecule is CC1(CO)CCCC1NC(=O)c1ccnc(-n2ccnc2)c1. The molecule has 0 saturated heterocycles.